The zero-order valence-corrected chi connectivity index (χ0v) is 13.5. The maximum Gasteiger partial charge on any atom is 0.119 e. The molecule has 118 valence electrons. The second-order valence-electron chi connectivity index (χ2n) is 5.31. The van der Waals surface area contributed by atoms with Gasteiger partial charge in [0, 0.05) is 12.2 Å². The van der Waals surface area contributed by atoms with E-state index >= 15 is 0 Å². The van der Waals surface area contributed by atoms with Crippen molar-refractivity contribution in [2.24, 2.45) is 0 Å². The smallest absolute Gasteiger partial charge is 0.119 e. The number of anilines is 1. The lowest BCUT2D eigenvalue weighted by Crippen LogP contribution is -2.11. The van der Waals surface area contributed by atoms with Gasteiger partial charge < -0.3 is 14.8 Å². The van der Waals surface area contributed by atoms with Crippen LogP contribution in [0.2, 0.25) is 0 Å². The van der Waals surface area contributed by atoms with Crippen LogP contribution in [-0.4, -0.2) is 19.8 Å². The van der Waals surface area contributed by atoms with Gasteiger partial charge in [0.25, 0.3) is 0 Å². The van der Waals surface area contributed by atoms with Gasteiger partial charge in [0.2, 0.25) is 0 Å². The average Bonchev–Trinajstić information content (AvgIpc) is 2.55. The second-order valence-corrected chi connectivity index (χ2v) is 5.31. The molecule has 0 aliphatic heterocycles. The predicted molar refractivity (Wildman–Crippen MR) is 92.0 cm³/mol. The van der Waals surface area contributed by atoms with Crippen LogP contribution in [0.5, 0.6) is 11.5 Å². The molecule has 0 unspecified atom stereocenters. The zero-order chi connectivity index (χ0) is 15.6. The molecule has 0 atom stereocenters. The molecule has 0 bridgehead atoms. The topological polar surface area (TPSA) is 30.5 Å². The Hall–Kier alpha value is -2.16. The summed E-state index contributed by atoms with van der Waals surface area (Å²) in [6, 6.07) is 16.2. The van der Waals surface area contributed by atoms with Crippen LogP contribution >= 0.6 is 0 Å². The maximum absolute atomic E-state index is 5.68. The zero-order valence-electron chi connectivity index (χ0n) is 13.5. The Morgan fingerprint density at radius 3 is 2.05 bits per heavy atom. The van der Waals surface area contributed by atoms with Gasteiger partial charge in [-0.15, -0.1) is 0 Å². The molecule has 0 fully saturated rings. The average molecular weight is 299 g/mol. The van der Waals surface area contributed by atoms with Crippen LogP contribution < -0.4 is 14.8 Å². The predicted octanol–water partition coefficient (Wildman–Crippen LogP) is 4.66. The van der Waals surface area contributed by atoms with Gasteiger partial charge in [0.15, 0.2) is 0 Å². The number of aryl methyl sites for hydroxylation is 1. The van der Waals surface area contributed by atoms with Crippen molar-refractivity contribution in [3.8, 4) is 11.5 Å². The van der Waals surface area contributed by atoms with Gasteiger partial charge >= 0.3 is 0 Å². The first-order valence-corrected chi connectivity index (χ1v) is 7.94. The molecule has 0 saturated carbocycles. The molecule has 0 heterocycles. The molecule has 22 heavy (non-hydrogen) atoms. The van der Waals surface area contributed by atoms with Gasteiger partial charge in [-0.05, 0) is 49.7 Å². The Balaban J connectivity index is 1.67. The minimum absolute atomic E-state index is 0.637. The molecule has 3 heteroatoms. The summed E-state index contributed by atoms with van der Waals surface area (Å²) in [5.74, 6) is 1.84. The third kappa shape index (κ3) is 5.68. The molecule has 2 rings (SSSR count). The summed E-state index contributed by atoms with van der Waals surface area (Å²) in [6.07, 6.45) is 2.25. The van der Waals surface area contributed by atoms with Crippen molar-refractivity contribution in [3.63, 3.8) is 0 Å². The normalized spacial score (nSPS) is 10.3. The Labute approximate surface area is 133 Å². The largest absolute Gasteiger partial charge is 0.494 e. The van der Waals surface area contributed by atoms with Crippen LogP contribution in [0.15, 0.2) is 48.5 Å². The lowest BCUT2D eigenvalue weighted by molar-refractivity contribution is 0.309. The van der Waals surface area contributed by atoms with E-state index < -0.39 is 0 Å². The quantitative estimate of drug-likeness (QED) is 0.683. The first-order valence-electron chi connectivity index (χ1n) is 7.94. The van der Waals surface area contributed by atoms with E-state index in [-0.39, 0.29) is 0 Å². The van der Waals surface area contributed by atoms with Crippen LogP contribution in [-0.2, 0) is 0 Å². The fraction of sp³-hybridized carbons (Fsp3) is 0.368. The minimum atomic E-state index is 0.637. The van der Waals surface area contributed by atoms with Crippen molar-refractivity contribution >= 4 is 5.69 Å². The third-order valence-electron chi connectivity index (χ3n) is 3.34. The fourth-order valence-corrected chi connectivity index (χ4v) is 2.00. The van der Waals surface area contributed by atoms with Gasteiger partial charge in [-0.1, -0.05) is 31.0 Å². The Morgan fingerprint density at radius 1 is 0.818 bits per heavy atom. The number of hydrogen-bond donors (Lipinski definition) is 1. The lowest BCUT2D eigenvalue weighted by Gasteiger charge is -2.10. The van der Waals surface area contributed by atoms with E-state index in [0.717, 1.165) is 43.2 Å². The first kappa shape index (κ1) is 16.2. The summed E-state index contributed by atoms with van der Waals surface area (Å²) >= 11 is 0. The van der Waals surface area contributed by atoms with Crippen LogP contribution in [0.4, 0.5) is 5.69 Å². The van der Waals surface area contributed by atoms with E-state index in [4.69, 9.17) is 9.47 Å². The van der Waals surface area contributed by atoms with Gasteiger partial charge in [-0.3, -0.25) is 0 Å². The highest BCUT2D eigenvalue weighted by atomic mass is 16.5. The van der Waals surface area contributed by atoms with Crippen LogP contribution in [0.1, 0.15) is 25.3 Å². The lowest BCUT2D eigenvalue weighted by atomic mass is 10.2. The van der Waals surface area contributed by atoms with Gasteiger partial charge in [0.05, 0.1) is 6.61 Å². The number of rotatable bonds is 9. The number of benzene rings is 2. The first-order chi connectivity index (χ1) is 10.8. The van der Waals surface area contributed by atoms with Crippen LogP contribution in [0.3, 0.4) is 0 Å². The molecule has 1 N–H and O–H groups in total. The monoisotopic (exact) mass is 299 g/mol. The number of ether oxygens (including phenoxy) is 2. The third-order valence-corrected chi connectivity index (χ3v) is 3.34. The molecule has 2 aromatic rings. The van der Waals surface area contributed by atoms with E-state index in [1.54, 1.807) is 0 Å². The summed E-state index contributed by atoms with van der Waals surface area (Å²) in [5, 5.41) is 3.34. The van der Waals surface area contributed by atoms with E-state index in [2.05, 4.69) is 31.3 Å². The molecular weight excluding hydrogens is 274 g/mol. The van der Waals surface area contributed by atoms with E-state index in [1.165, 1.54) is 5.56 Å². The summed E-state index contributed by atoms with van der Waals surface area (Å²) in [7, 11) is 0. The van der Waals surface area contributed by atoms with Gasteiger partial charge in [-0.2, -0.15) is 0 Å². The van der Waals surface area contributed by atoms with Crippen LogP contribution in [0.25, 0.3) is 0 Å². The van der Waals surface area contributed by atoms with Crippen molar-refractivity contribution in [2.45, 2.75) is 26.7 Å². The SMILES string of the molecule is CCCCOc1ccc(NCCOc2ccc(C)cc2)cc1. The Kier molecular flexibility index (Phi) is 6.62. The van der Waals surface area contributed by atoms with Gasteiger partial charge in [-0.25, -0.2) is 0 Å². The highest BCUT2D eigenvalue weighted by molar-refractivity contribution is 5.46. The summed E-state index contributed by atoms with van der Waals surface area (Å²) < 4.78 is 11.3. The summed E-state index contributed by atoms with van der Waals surface area (Å²) in [4.78, 5) is 0. The highest BCUT2D eigenvalue weighted by Crippen LogP contribution is 2.16. The van der Waals surface area contributed by atoms with Crippen LogP contribution in [0, 0.1) is 6.92 Å². The number of hydrogen-bond acceptors (Lipinski definition) is 3. The summed E-state index contributed by atoms with van der Waals surface area (Å²) in [5.41, 5.74) is 2.32. The fourth-order valence-electron chi connectivity index (χ4n) is 2.00. The molecule has 2 aromatic carbocycles. The van der Waals surface area contributed by atoms with Crippen molar-refractivity contribution in [2.75, 3.05) is 25.1 Å². The minimum Gasteiger partial charge on any atom is -0.494 e. The molecule has 0 amide bonds. The molecule has 0 saturated heterocycles. The summed E-state index contributed by atoms with van der Waals surface area (Å²) in [6.45, 7) is 6.42. The highest BCUT2D eigenvalue weighted by Gasteiger charge is 1.96. The Morgan fingerprint density at radius 2 is 1.41 bits per heavy atom. The maximum atomic E-state index is 5.68. The molecule has 0 aliphatic carbocycles. The molecular formula is C19H25NO2. The van der Waals surface area contributed by atoms with Crippen molar-refractivity contribution in [3.05, 3.63) is 54.1 Å². The Bertz CT molecular complexity index is 534. The molecule has 0 radical (unpaired) electrons. The van der Waals surface area contributed by atoms with Crippen molar-refractivity contribution in [1.82, 2.24) is 0 Å². The molecule has 0 spiro atoms. The number of unbranched alkanes of at least 4 members (excludes halogenated alkanes) is 1. The standard InChI is InChI=1S/C19H25NO2/c1-3-4-14-21-19-11-7-17(8-12-19)20-13-15-22-18-9-5-16(2)6-10-18/h5-12,20H,3-4,13-15H2,1-2H3. The van der Waals surface area contributed by atoms with Crippen molar-refractivity contribution in [1.29, 1.82) is 0 Å². The van der Waals surface area contributed by atoms with Crippen molar-refractivity contribution < 1.29 is 9.47 Å². The van der Waals surface area contributed by atoms with E-state index in [0.29, 0.717) is 6.61 Å². The number of nitrogens with one attached hydrogen (secondary N) is 1. The van der Waals surface area contributed by atoms with E-state index in [1.807, 2.05) is 36.4 Å². The molecule has 0 aromatic heterocycles. The van der Waals surface area contributed by atoms with E-state index in [9.17, 15) is 0 Å². The second kappa shape index (κ2) is 8.98. The van der Waals surface area contributed by atoms with Gasteiger partial charge in [0.1, 0.15) is 18.1 Å². The molecule has 0 aliphatic rings. The molecule has 3 nitrogen and oxygen atoms in total.